The van der Waals surface area contributed by atoms with Crippen LogP contribution in [0.25, 0.3) is 0 Å². The van der Waals surface area contributed by atoms with Gasteiger partial charge < -0.3 is 42.3 Å². The van der Waals surface area contributed by atoms with Crippen LogP contribution in [0.3, 0.4) is 0 Å². The molecule has 0 aliphatic heterocycles. The molecule has 0 saturated carbocycles. The van der Waals surface area contributed by atoms with Gasteiger partial charge in [-0.15, -0.1) is 0 Å². The lowest BCUT2D eigenvalue weighted by molar-refractivity contribution is -0.113. The van der Waals surface area contributed by atoms with E-state index in [0.29, 0.717) is 0 Å². The van der Waals surface area contributed by atoms with Gasteiger partial charge >= 0.3 is 0 Å². The van der Waals surface area contributed by atoms with Crippen LogP contribution in [0.15, 0.2) is 0 Å². The maximum atomic E-state index is 9.21. The number of aliphatic hydroxyl groups excluding tert-OH is 5. The van der Waals surface area contributed by atoms with Gasteiger partial charge in [0.15, 0.2) is 5.96 Å². The minimum atomic E-state index is -1.55. The van der Waals surface area contributed by atoms with Crippen molar-refractivity contribution in [2.24, 2.45) is 11.5 Å². The number of aliphatic hydroxyl groups is 5. The molecule has 0 bridgehead atoms. The van der Waals surface area contributed by atoms with Crippen molar-refractivity contribution in [3.63, 3.8) is 0 Å². The summed E-state index contributed by atoms with van der Waals surface area (Å²) in [5.74, 6) is -0.333. The van der Waals surface area contributed by atoms with Gasteiger partial charge in [0.05, 0.1) is 12.7 Å². The molecule has 0 aromatic heterocycles. The van der Waals surface area contributed by atoms with Crippen molar-refractivity contribution >= 4 is 5.96 Å². The van der Waals surface area contributed by atoms with E-state index in [9.17, 15) is 5.11 Å². The second kappa shape index (κ2) is 10.2. The highest BCUT2D eigenvalue weighted by Crippen LogP contribution is 2.04. The molecule has 0 aromatic rings. The van der Waals surface area contributed by atoms with Gasteiger partial charge in [0.1, 0.15) is 18.3 Å². The average Bonchev–Trinajstić information content (AvgIpc) is 2.25. The number of nitrogens with two attached hydrogens (primary N) is 2. The highest BCUT2D eigenvalue weighted by atomic mass is 16.4. The van der Waals surface area contributed by atoms with Crippen LogP contribution in [0.5, 0.6) is 0 Å². The Labute approximate surface area is 99.2 Å². The number of nitrogens with one attached hydrogen (secondary N) is 2. The Hall–Kier alpha value is -0.970. The maximum absolute atomic E-state index is 9.21. The molecule has 0 radical (unpaired) electrons. The van der Waals surface area contributed by atoms with E-state index in [1.165, 1.54) is 0 Å². The predicted molar refractivity (Wildman–Crippen MR) is 61.1 cm³/mol. The van der Waals surface area contributed by atoms with Crippen molar-refractivity contribution in [2.45, 2.75) is 24.4 Å². The molecule has 0 amide bonds. The van der Waals surface area contributed by atoms with Gasteiger partial charge in [-0.3, -0.25) is 5.41 Å². The van der Waals surface area contributed by atoms with E-state index in [2.05, 4.69) is 16.8 Å². The quantitative estimate of drug-likeness (QED) is 0.167. The van der Waals surface area contributed by atoms with Gasteiger partial charge in [0.2, 0.25) is 0 Å². The number of hydrogen-bond acceptors (Lipinski definition) is 7. The van der Waals surface area contributed by atoms with Gasteiger partial charge in [-0.05, 0) is 7.05 Å². The molecule has 0 aromatic carbocycles. The smallest absolute Gasteiger partial charge is 0.183 e. The highest BCUT2D eigenvalue weighted by Gasteiger charge is 2.29. The first-order chi connectivity index (χ1) is 7.77. The third-order valence-corrected chi connectivity index (χ3v) is 1.74. The average molecular weight is 254 g/mol. The zero-order valence-corrected chi connectivity index (χ0v) is 9.61. The Morgan fingerprint density at radius 1 is 1.12 bits per heavy atom. The summed E-state index contributed by atoms with van der Waals surface area (Å²) in [6.45, 7) is -0.569. The zero-order chi connectivity index (χ0) is 14.0. The second-order valence-electron chi connectivity index (χ2n) is 3.31. The monoisotopic (exact) mass is 254 g/mol. The summed E-state index contributed by atoms with van der Waals surface area (Å²) >= 11 is 0. The fourth-order valence-corrected chi connectivity index (χ4v) is 0.893. The summed E-state index contributed by atoms with van der Waals surface area (Å²) in [7, 11) is 1.57. The van der Waals surface area contributed by atoms with Crippen LogP contribution >= 0.6 is 0 Å². The molecule has 104 valence electrons. The molecule has 17 heavy (non-hydrogen) atoms. The third-order valence-electron chi connectivity index (χ3n) is 1.74. The molecule has 9 heteroatoms. The van der Waals surface area contributed by atoms with Crippen LogP contribution in [-0.2, 0) is 0 Å². The van der Waals surface area contributed by atoms with Gasteiger partial charge in [0.25, 0.3) is 0 Å². The first kappa shape index (κ1) is 18.4. The molecule has 0 heterocycles. The van der Waals surface area contributed by atoms with E-state index in [1.807, 2.05) is 0 Å². The van der Waals surface area contributed by atoms with Crippen molar-refractivity contribution in [1.82, 2.24) is 5.32 Å². The lowest BCUT2D eigenvalue weighted by Crippen LogP contribution is -2.48. The third kappa shape index (κ3) is 9.93. The Kier molecular flexibility index (Phi) is 11.0. The number of likely N-dealkylation sites (N-methyl/N-ethyl adjacent to an activating group) is 1. The Morgan fingerprint density at radius 2 is 1.47 bits per heavy atom. The lowest BCUT2D eigenvalue weighted by Gasteiger charge is -2.25. The molecule has 0 saturated heterocycles. The molecule has 0 rings (SSSR count). The van der Waals surface area contributed by atoms with Crippen LogP contribution in [-0.4, -0.2) is 76.1 Å². The predicted octanol–water partition coefficient (Wildman–Crippen LogP) is -4.52. The summed E-state index contributed by atoms with van der Waals surface area (Å²) in [5.41, 5.74) is 8.94. The Balaban J connectivity index is 0. The van der Waals surface area contributed by atoms with E-state index in [1.54, 1.807) is 7.05 Å². The van der Waals surface area contributed by atoms with Crippen LogP contribution < -0.4 is 16.8 Å². The molecular weight excluding hydrogens is 232 g/mol. The van der Waals surface area contributed by atoms with Crippen LogP contribution in [0.4, 0.5) is 0 Å². The second-order valence-corrected chi connectivity index (χ2v) is 3.31. The van der Waals surface area contributed by atoms with Crippen molar-refractivity contribution < 1.29 is 25.5 Å². The zero-order valence-electron chi connectivity index (χ0n) is 9.61. The van der Waals surface area contributed by atoms with E-state index in [-0.39, 0.29) is 12.5 Å². The SMILES string of the molecule is CNC[C@H](O)[C@@H](O)[C@H](O)[C@H](O)CO.N=C(N)N. The van der Waals surface area contributed by atoms with Crippen molar-refractivity contribution in [3.05, 3.63) is 0 Å². The molecule has 4 atom stereocenters. The summed E-state index contributed by atoms with van der Waals surface area (Å²) in [4.78, 5) is 0. The van der Waals surface area contributed by atoms with Crippen molar-refractivity contribution in [2.75, 3.05) is 20.2 Å². The van der Waals surface area contributed by atoms with E-state index < -0.39 is 31.0 Å². The van der Waals surface area contributed by atoms with E-state index in [0.717, 1.165) is 0 Å². The first-order valence-corrected chi connectivity index (χ1v) is 4.85. The van der Waals surface area contributed by atoms with Crippen LogP contribution in [0, 0.1) is 5.41 Å². The fraction of sp³-hybridized carbons (Fsp3) is 0.875. The fourth-order valence-electron chi connectivity index (χ4n) is 0.893. The standard InChI is InChI=1S/C7H17NO5.CH5N3/c1-8-2-4(10)6(12)7(13)5(11)3-9;2-1(3)4/h4-13H,2-3H2,1H3;(H5,2,3,4)/t4-,5+,6+,7+;/m0./s1. The van der Waals surface area contributed by atoms with Crippen LogP contribution in [0.2, 0.25) is 0 Å². The molecule has 0 spiro atoms. The van der Waals surface area contributed by atoms with Crippen molar-refractivity contribution in [1.29, 1.82) is 5.41 Å². The normalized spacial score (nSPS) is 17.3. The molecule has 9 nitrogen and oxygen atoms in total. The summed E-state index contributed by atoms with van der Waals surface area (Å²) in [6.07, 6.45) is -5.65. The molecule has 0 aliphatic carbocycles. The minimum absolute atomic E-state index is 0.0936. The molecule has 0 aliphatic rings. The molecular formula is C8H22N4O5. The van der Waals surface area contributed by atoms with E-state index >= 15 is 0 Å². The highest BCUT2D eigenvalue weighted by molar-refractivity contribution is 5.71. The number of rotatable bonds is 6. The molecule has 11 N–H and O–H groups in total. The summed E-state index contributed by atoms with van der Waals surface area (Å²) < 4.78 is 0. The van der Waals surface area contributed by atoms with Crippen molar-refractivity contribution in [3.8, 4) is 0 Å². The summed E-state index contributed by atoms with van der Waals surface area (Å²) in [6, 6.07) is 0. The van der Waals surface area contributed by atoms with Crippen LogP contribution in [0.1, 0.15) is 0 Å². The largest absolute Gasteiger partial charge is 0.394 e. The Bertz CT molecular complexity index is 202. The molecule has 0 unspecified atom stereocenters. The minimum Gasteiger partial charge on any atom is -0.394 e. The van der Waals surface area contributed by atoms with Gasteiger partial charge in [-0.2, -0.15) is 0 Å². The topological polar surface area (TPSA) is 189 Å². The van der Waals surface area contributed by atoms with Gasteiger partial charge in [0, 0.05) is 6.54 Å². The maximum Gasteiger partial charge on any atom is 0.183 e. The number of hydrogen-bond donors (Lipinski definition) is 9. The molecule has 0 fully saturated rings. The van der Waals surface area contributed by atoms with E-state index in [4.69, 9.17) is 25.8 Å². The first-order valence-electron chi connectivity index (χ1n) is 4.85. The summed E-state index contributed by atoms with van der Waals surface area (Å²) in [5, 5.41) is 53.5. The van der Waals surface area contributed by atoms with Gasteiger partial charge in [-0.25, -0.2) is 0 Å². The number of guanidine groups is 1. The van der Waals surface area contributed by atoms with Gasteiger partial charge in [-0.1, -0.05) is 0 Å². The lowest BCUT2D eigenvalue weighted by atomic mass is 10.0. The Morgan fingerprint density at radius 3 is 1.76 bits per heavy atom.